The molecule has 0 radical (unpaired) electrons. The van der Waals surface area contributed by atoms with Gasteiger partial charge in [0.15, 0.2) is 12.2 Å². The Morgan fingerprint density at radius 2 is 0.495 bits per heavy atom. The highest BCUT2D eigenvalue weighted by Gasteiger charge is 2.30. The first-order valence-electron chi connectivity index (χ1n) is 40.7. The van der Waals surface area contributed by atoms with Crippen molar-refractivity contribution in [2.24, 2.45) is 5.92 Å². The van der Waals surface area contributed by atoms with Crippen LogP contribution in [0.25, 0.3) is 0 Å². The highest BCUT2D eigenvalue weighted by molar-refractivity contribution is 7.47. The number of carbonyl (C=O) groups is 4. The van der Waals surface area contributed by atoms with Crippen molar-refractivity contribution in [2.75, 3.05) is 39.6 Å². The Bertz CT molecular complexity index is 1860. The molecule has 0 saturated heterocycles. The summed E-state index contributed by atoms with van der Waals surface area (Å²) in [5.74, 6) is -1.24. The zero-order chi connectivity index (χ0) is 71.2. The fourth-order valence-electron chi connectivity index (χ4n) is 12.0. The summed E-state index contributed by atoms with van der Waals surface area (Å²) in [5, 5.41) is 10.6. The Balaban J connectivity index is 5.18. The molecule has 0 heterocycles. The van der Waals surface area contributed by atoms with Crippen molar-refractivity contribution >= 4 is 39.5 Å². The summed E-state index contributed by atoms with van der Waals surface area (Å²) >= 11 is 0. The zero-order valence-corrected chi connectivity index (χ0v) is 65.0. The Morgan fingerprint density at radius 3 is 0.732 bits per heavy atom. The van der Waals surface area contributed by atoms with Gasteiger partial charge in [-0.25, -0.2) is 9.13 Å². The SMILES string of the molecule is CCCCCCCCCCCCCCCCCC(=O)OC[C@H](COP(=O)(O)OC[C@@H](O)COP(=O)(O)OC[C@@H](COC(=O)CCCCCCCCCCC)OC(=O)CCCCCCCCCCCCC)OC(=O)CCCCCCCCCCCCCCCCCCCCC(C)CC. The molecule has 0 aliphatic rings. The van der Waals surface area contributed by atoms with Gasteiger partial charge in [0.05, 0.1) is 26.4 Å². The lowest BCUT2D eigenvalue weighted by atomic mass is 9.99. The van der Waals surface area contributed by atoms with Crippen molar-refractivity contribution in [3.05, 3.63) is 0 Å². The molecule has 0 saturated carbocycles. The van der Waals surface area contributed by atoms with Gasteiger partial charge in [-0.2, -0.15) is 0 Å². The van der Waals surface area contributed by atoms with E-state index >= 15 is 0 Å². The molecule has 0 spiro atoms. The molecule has 0 aromatic carbocycles. The fraction of sp³-hybridized carbons (Fsp3) is 0.949. The standard InChI is InChI=1S/C78H152O17P2/c1-6-10-13-16-19-22-24-25-30-34-38-42-47-52-57-62-76(81)89-68-74(95-78(83)64-59-54-49-44-39-35-32-29-27-26-28-31-33-37-41-45-50-55-60-71(5)9-4)70-93-97(86,87)91-66-72(79)65-90-96(84,85)92-69-73(67-88-75(80)61-56-51-46-40-21-18-15-12-8-3)94-77(82)63-58-53-48-43-36-23-20-17-14-11-7-2/h71-74,79H,6-70H2,1-5H3,(H,84,85)(H,86,87)/t71?,72-,73+,74+/m0/s1. The third-order valence-electron chi connectivity index (χ3n) is 18.6. The number of hydrogen-bond acceptors (Lipinski definition) is 15. The molecule has 17 nitrogen and oxygen atoms in total. The monoisotopic (exact) mass is 1420 g/mol. The average Bonchev–Trinajstić information content (AvgIpc) is 1.67. The van der Waals surface area contributed by atoms with E-state index in [4.69, 9.17) is 37.0 Å². The quantitative estimate of drug-likeness (QED) is 0.0222. The molecule has 0 aromatic heterocycles. The highest BCUT2D eigenvalue weighted by Crippen LogP contribution is 2.45. The summed E-state index contributed by atoms with van der Waals surface area (Å²) in [6.45, 7) is 7.35. The number of ether oxygens (including phenoxy) is 4. The molecule has 97 heavy (non-hydrogen) atoms. The zero-order valence-electron chi connectivity index (χ0n) is 63.2. The van der Waals surface area contributed by atoms with Gasteiger partial charge >= 0.3 is 39.5 Å². The second kappa shape index (κ2) is 71.1. The van der Waals surface area contributed by atoms with Crippen LogP contribution in [0.1, 0.15) is 413 Å². The number of carbonyl (C=O) groups excluding carboxylic acids is 4. The van der Waals surface area contributed by atoms with Gasteiger partial charge in [-0.05, 0) is 31.6 Å². The lowest BCUT2D eigenvalue weighted by Gasteiger charge is -2.21. The predicted molar refractivity (Wildman–Crippen MR) is 395 cm³/mol. The summed E-state index contributed by atoms with van der Waals surface area (Å²) in [7, 11) is -9.91. The molecule has 0 bridgehead atoms. The van der Waals surface area contributed by atoms with Crippen LogP contribution in [-0.4, -0.2) is 96.7 Å². The lowest BCUT2D eigenvalue weighted by Crippen LogP contribution is -2.30. The van der Waals surface area contributed by atoms with Crippen LogP contribution in [0.3, 0.4) is 0 Å². The number of esters is 4. The predicted octanol–water partition coefficient (Wildman–Crippen LogP) is 23.3. The molecule has 0 aliphatic heterocycles. The molecule has 19 heteroatoms. The number of phosphoric acid groups is 2. The molecular formula is C78H152O17P2. The van der Waals surface area contributed by atoms with E-state index < -0.39 is 97.5 Å². The minimum atomic E-state index is -4.96. The van der Waals surface area contributed by atoms with E-state index in [1.165, 1.54) is 238 Å². The second-order valence-electron chi connectivity index (χ2n) is 28.3. The van der Waals surface area contributed by atoms with Crippen LogP contribution < -0.4 is 0 Å². The smallest absolute Gasteiger partial charge is 0.462 e. The van der Waals surface area contributed by atoms with Crippen molar-refractivity contribution in [1.29, 1.82) is 0 Å². The maximum atomic E-state index is 13.1. The first-order chi connectivity index (χ1) is 47.1. The van der Waals surface area contributed by atoms with Gasteiger partial charge in [-0.15, -0.1) is 0 Å². The topological polar surface area (TPSA) is 237 Å². The van der Waals surface area contributed by atoms with E-state index in [9.17, 15) is 43.2 Å². The van der Waals surface area contributed by atoms with Crippen LogP contribution in [-0.2, 0) is 65.4 Å². The Labute approximate surface area is 594 Å². The molecule has 576 valence electrons. The lowest BCUT2D eigenvalue weighted by molar-refractivity contribution is -0.161. The van der Waals surface area contributed by atoms with Crippen LogP contribution in [0.15, 0.2) is 0 Å². The third kappa shape index (κ3) is 70.9. The van der Waals surface area contributed by atoms with Crippen molar-refractivity contribution in [2.45, 2.75) is 432 Å². The number of aliphatic hydroxyl groups is 1. The molecular weight excluding hydrogens is 1270 g/mol. The summed E-state index contributed by atoms with van der Waals surface area (Å²) in [5.41, 5.74) is 0. The fourth-order valence-corrected chi connectivity index (χ4v) is 13.6. The van der Waals surface area contributed by atoms with Crippen LogP contribution >= 0.6 is 15.6 Å². The first kappa shape index (κ1) is 95.1. The molecule has 6 atom stereocenters. The molecule has 0 amide bonds. The summed E-state index contributed by atoms with van der Waals surface area (Å²) in [6, 6.07) is 0. The van der Waals surface area contributed by atoms with Gasteiger partial charge in [0.1, 0.15) is 19.3 Å². The molecule has 3 unspecified atom stereocenters. The molecule has 0 aliphatic carbocycles. The van der Waals surface area contributed by atoms with Crippen LogP contribution in [0.4, 0.5) is 0 Å². The number of phosphoric ester groups is 2. The Kier molecular flexibility index (Phi) is 69.6. The number of hydrogen-bond donors (Lipinski definition) is 3. The van der Waals surface area contributed by atoms with Crippen molar-refractivity contribution in [3.8, 4) is 0 Å². The van der Waals surface area contributed by atoms with Crippen LogP contribution in [0.2, 0.25) is 0 Å². The van der Waals surface area contributed by atoms with Crippen LogP contribution in [0, 0.1) is 5.92 Å². The van der Waals surface area contributed by atoms with E-state index in [-0.39, 0.29) is 25.7 Å². The average molecular weight is 1420 g/mol. The van der Waals surface area contributed by atoms with Gasteiger partial charge in [-0.3, -0.25) is 37.3 Å². The van der Waals surface area contributed by atoms with E-state index in [1.807, 2.05) is 0 Å². The van der Waals surface area contributed by atoms with Gasteiger partial charge in [-0.1, -0.05) is 362 Å². The second-order valence-corrected chi connectivity index (χ2v) is 31.3. The number of rotatable bonds is 78. The van der Waals surface area contributed by atoms with E-state index in [1.54, 1.807) is 0 Å². The first-order valence-corrected chi connectivity index (χ1v) is 43.7. The Hall–Kier alpha value is -1.94. The largest absolute Gasteiger partial charge is 0.472 e. The summed E-state index contributed by atoms with van der Waals surface area (Å²) < 4.78 is 68.5. The summed E-state index contributed by atoms with van der Waals surface area (Å²) in [4.78, 5) is 72.8. The van der Waals surface area contributed by atoms with Gasteiger partial charge < -0.3 is 33.8 Å². The minimum absolute atomic E-state index is 0.107. The Morgan fingerprint density at radius 1 is 0.289 bits per heavy atom. The van der Waals surface area contributed by atoms with E-state index in [0.717, 1.165) is 95.8 Å². The van der Waals surface area contributed by atoms with E-state index in [0.29, 0.717) is 25.7 Å². The molecule has 3 N–H and O–H groups in total. The maximum Gasteiger partial charge on any atom is 0.472 e. The highest BCUT2D eigenvalue weighted by atomic mass is 31.2. The van der Waals surface area contributed by atoms with E-state index in [2.05, 4.69) is 34.6 Å². The molecule has 0 rings (SSSR count). The van der Waals surface area contributed by atoms with Crippen LogP contribution in [0.5, 0.6) is 0 Å². The van der Waals surface area contributed by atoms with Crippen molar-refractivity contribution in [3.63, 3.8) is 0 Å². The minimum Gasteiger partial charge on any atom is -0.462 e. The number of aliphatic hydroxyl groups excluding tert-OH is 1. The van der Waals surface area contributed by atoms with Gasteiger partial charge in [0.2, 0.25) is 0 Å². The van der Waals surface area contributed by atoms with Gasteiger partial charge in [0.25, 0.3) is 0 Å². The van der Waals surface area contributed by atoms with Crippen molar-refractivity contribution in [1.82, 2.24) is 0 Å². The molecule has 0 fully saturated rings. The maximum absolute atomic E-state index is 13.1. The normalized spacial score (nSPS) is 14.2. The number of unbranched alkanes of at least 4 members (excludes halogenated alkanes) is 49. The molecule has 0 aromatic rings. The third-order valence-corrected chi connectivity index (χ3v) is 20.5. The summed E-state index contributed by atoms with van der Waals surface area (Å²) in [6.07, 6.45) is 61.0. The van der Waals surface area contributed by atoms with Gasteiger partial charge in [0, 0.05) is 25.7 Å². The van der Waals surface area contributed by atoms with Crippen molar-refractivity contribution < 1.29 is 80.2 Å².